The Morgan fingerprint density at radius 1 is 1.00 bits per heavy atom. The maximum atomic E-state index is 10.9. The Kier molecular flexibility index (Phi) is 5.68. The molecule has 110 valence electrons. The predicted molar refractivity (Wildman–Crippen MR) is 77.2 cm³/mol. The van der Waals surface area contributed by atoms with Crippen LogP contribution in [-0.4, -0.2) is 23.2 Å². The summed E-state index contributed by atoms with van der Waals surface area (Å²) in [5.41, 5.74) is 0. The smallest absolute Gasteiger partial charge is 0.306 e. The quantitative estimate of drug-likeness (QED) is 0.800. The molecule has 0 amide bonds. The van der Waals surface area contributed by atoms with Gasteiger partial charge in [-0.2, -0.15) is 0 Å². The Bertz CT molecular complexity index is 276. The first-order valence-corrected chi connectivity index (χ1v) is 8.18. The van der Waals surface area contributed by atoms with Crippen molar-refractivity contribution in [2.24, 2.45) is 11.8 Å². The highest BCUT2D eigenvalue weighted by molar-refractivity contribution is 5.70. The van der Waals surface area contributed by atoms with Gasteiger partial charge in [0.05, 0.1) is 5.92 Å². The van der Waals surface area contributed by atoms with Crippen molar-refractivity contribution in [3.8, 4) is 0 Å². The lowest BCUT2D eigenvalue weighted by molar-refractivity contribution is -0.142. The van der Waals surface area contributed by atoms with Crippen LogP contribution in [0.5, 0.6) is 0 Å². The molecule has 0 atom stereocenters. The lowest BCUT2D eigenvalue weighted by Gasteiger charge is -2.34. The van der Waals surface area contributed by atoms with Gasteiger partial charge in [-0.15, -0.1) is 0 Å². The zero-order valence-electron chi connectivity index (χ0n) is 12.2. The predicted octanol–water partition coefficient (Wildman–Crippen LogP) is 3.58. The van der Waals surface area contributed by atoms with Crippen LogP contribution in [0.3, 0.4) is 0 Å². The van der Waals surface area contributed by atoms with Crippen LogP contribution in [0.1, 0.15) is 71.1 Å². The van der Waals surface area contributed by atoms with Crippen LogP contribution in [0.25, 0.3) is 0 Å². The van der Waals surface area contributed by atoms with Gasteiger partial charge in [-0.1, -0.05) is 19.8 Å². The second kappa shape index (κ2) is 7.28. The molecule has 2 rings (SSSR count). The summed E-state index contributed by atoms with van der Waals surface area (Å²) in [6.45, 7) is 2.28. The molecule has 0 aromatic heterocycles. The van der Waals surface area contributed by atoms with E-state index < -0.39 is 5.97 Å². The zero-order valence-corrected chi connectivity index (χ0v) is 12.2. The maximum Gasteiger partial charge on any atom is 0.306 e. The third-order valence-corrected chi connectivity index (χ3v) is 5.09. The number of aliphatic carboxylic acids is 1. The van der Waals surface area contributed by atoms with Crippen LogP contribution in [0.4, 0.5) is 0 Å². The Hall–Kier alpha value is -0.570. The number of carboxylic acids is 1. The second-order valence-corrected chi connectivity index (χ2v) is 6.56. The van der Waals surface area contributed by atoms with Gasteiger partial charge >= 0.3 is 5.97 Å². The first kappa shape index (κ1) is 14.8. The summed E-state index contributed by atoms with van der Waals surface area (Å²) in [7, 11) is 0. The number of carboxylic acid groups (broad SMARTS) is 1. The molecule has 0 radical (unpaired) electrons. The second-order valence-electron chi connectivity index (χ2n) is 6.56. The largest absolute Gasteiger partial charge is 0.481 e. The molecule has 0 spiro atoms. The normalized spacial score (nSPS) is 36.1. The number of carbonyl (C=O) groups is 1. The molecule has 2 aliphatic carbocycles. The van der Waals surface area contributed by atoms with Gasteiger partial charge < -0.3 is 10.4 Å². The fourth-order valence-electron chi connectivity index (χ4n) is 3.87. The summed E-state index contributed by atoms with van der Waals surface area (Å²) < 4.78 is 0. The highest BCUT2D eigenvalue weighted by Crippen LogP contribution is 2.30. The van der Waals surface area contributed by atoms with Gasteiger partial charge in [-0.3, -0.25) is 4.79 Å². The van der Waals surface area contributed by atoms with Crippen molar-refractivity contribution in [1.29, 1.82) is 0 Å². The van der Waals surface area contributed by atoms with Crippen molar-refractivity contribution >= 4 is 5.97 Å². The third-order valence-electron chi connectivity index (χ3n) is 5.09. The van der Waals surface area contributed by atoms with Crippen LogP contribution in [-0.2, 0) is 4.79 Å². The van der Waals surface area contributed by atoms with Crippen molar-refractivity contribution in [3.05, 3.63) is 0 Å². The minimum atomic E-state index is -0.599. The molecule has 3 nitrogen and oxygen atoms in total. The first-order valence-electron chi connectivity index (χ1n) is 8.18. The molecule has 2 saturated carbocycles. The molecular formula is C16H29NO2. The molecule has 2 aliphatic rings. The molecule has 0 aromatic rings. The lowest BCUT2D eigenvalue weighted by Crippen LogP contribution is -2.42. The standard InChI is InChI=1S/C16H29NO2/c1-2-3-12-4-8-14(9-5-12)17-15-10-6-13(7-11-15)16(18)19/h12-15,17H,2-11H2,1H3,(H,18,19). The van der Waals surface area contributed by atoms with E-state index in [2.05, 4.69) is 12.2 Å². The van der Waals surface area contributed by atoms with Crippen LogP contribution < -0.4 is 5.32 Å². The van der Waals surface area contributed by atoms with Crippen LogP contribution in [0.15, 0.2) is 0 Å². The van der Waals surface area contributed by atoms with Crippen molar-refractivity contribution in [2.45, 2.75) is 83.2 Å². The molecule has 19 heavy (non-hydrogen) atoms. The van der Waals surface area contributed by atoms with E-state index in [0.29, 0.717) is 12.1 Å². The van der Waals surface area contributed by atoms with Crippen LogP contribution in [0.2, 0.25) is 0 Å². The molecule has 0 heterocycles. The Labute approximate surface area is 117 Å². The summed E-state index contributed by atoms with van der Waals surface area (Å²) in [4.78, 5) is 10.9. The zero-order chi connectivity index (χ0) is 13.7. The van der Waals surface area contributed by atoms with Gasteiger partial charge in [0.1, 0.15) is 0 Å². The van der Waals surface area contributed by atoms with Gasteiger partial charge in [0.25, 0.3) is 0 Å². The van der Waals surface area contributed by atoms with E-state index >= 15 is 0 Å². The minimum absolute atomic E-state index is 0.0849. The van der Waals surface area contributed by atoms with E-state index in [1.807, 2.05) is 0 Å². The van der Waals surface area contributed by atoms with Gasteiger partial charge in [0.2, 0.25) is 0 Å². The van der Waals surface area contributed by atoms with Gasteiger partial charge in [0, 0.05) is 12.1 Å². The Morgan fingerprint density at radius 3 is 2.00 bits per heavy atom. The van der Waals surface area contributed by atoms with Gasteiger partial charge in [0.15, 0.2) is 0 Å². The van der Waals surface area contributed by atoms with E-state index in [0.717, 1.165) is 31.6 Å². The topological polar surface area (TPSA) is 49.3 Å². The fourth-order valence-corrected chi connectivity index (χ4v) is 3.87. The van der Waals surface area contributed by atoms with E-state index in [1.165, 1.54) is 38.5 Å². The molecule has 0 saturated heterocycles. The molecule has 0 bridgehead atoms. The monoisotopic (exact) mass is 267 g/mol. The number of hydrogen-bond acceptors (Lipinski definition) is 2. The SMILES string of the molecule is CCCC1CCC(NC2CCC(C(=O)O)CC2)CC1. The van der Waals surface area contributed by atoms with E-state index in [-0.39, 0.29) is 5.92 Å². The minimum Gasteiger partial charge on any atom is -0.481 e. The third kappa shape index (κ3) is 4.48. The molecule has 2 N–H and O–H groups in total. The lowest BCUT2D eigenvalue weighted by atomic mass is 9.81. The van der Waals surface area contributed by atoms with Gasteiger partial charge in [-0.05, 0) is 57.3 Å². The molecule has 0 aromatic carbocycles. The molecule has 2 fully saturated rings. The fraction of sp³-hybridized carbons (Fsp3) is 0.938. The first-order chi connectivity index (χ1) is 9.19. The number of hydrogen-bond donors (Lipinski definition) is 2. The summed E-state index contributed by atoms with van der Waals surface area (Å²) in [5.74, 6) is 0.280. The summed E-state index contributed by atoms with van der Waals surface area (Å²) >= 11 is 0. The Morgan fingerprint density at radius 2 is 1.53 bits per heavy atom. The van der Waals surface area contributed by atoms with Crippen molar-refractivity contribution in [2.75, 3.05) is 0 Å². The molecule has 0 aliphatic heterocycles. The molecular weight excluding hydrogens is 238 g/mol. The summed E-state index contributed by atoms with van der Waals surface area (Å²) in [6.07, 6.45) is 11.9. The van der Waals surface area contributed by atoms with E-state index in [4.69, 9.17) is 5.11 Å². The summed E-state index contributed by atoms with van der Waals surface area (Å²) in [6, 6.07) is 1.27. The highest BCUT2D eigenvalue weighted by atomic mass is 16.4. The van der Waals surface area contributed by atoms with Crippen molar-refractivity contribution in [3.63, 3.8) is 0 Å². The number of nitrogens with one attached hydrogen (secondary N) is 1. The van der Waals surface area contributed by atoms with Crippen molar-refractivity contribution < 1.29 is 9.90 Å². The maximum absolute atomic E-state index is 10.9. The van der Waals surface area contributed by atoms with Gasteiger partial charge in [-0.25, -0.2) is 0 Å². The molecule has 0 unspecified atom stereocenters. The average Bonchev–Trinajstić information content (AvgIpc) is 2.42. The Balaban J connectivity index is 1.65. The van der Waals surface area contributed by atoms with Crippen LogP contribution >= 0.6 is 0 Å². The van der Waals surface area contributed by atoms with E-state index in [1.54, 1.807) is 0 Å². The summed E-state index contributed by atoms with van der Waals surface area (Å²) in [5, 5.41) is 12.8. The number of rotatable bonds is 5. The van der Waals surface area contributed by atoms with Crippen LogP contribution in [0, 0.1) is 11.8 Å². The van der Waals surface area contributed by atoms with E-state index in [9.17, 15) is 4.79 Å². The molecule has 3 heteroatoms. The highest BCUT2D eigenvalue weighted by Gasteiger charge is 2.28. The van der Waals surface area contributed by atoms with Crippen molar-refractivity contribution in [1.82, 2.24) is 5.32 Å². The average molecular weight is 267 g/mol.